The summed E-state index contributed by atoms with van der Waals surface area (Å²) in [6, 6.07) is 12.0. The first-order valence-corrected chi connectivity index (χ1v) is 6.54. The molecule has 0 saturated heterocycles. The SMILES string of the molecule is Nc1cc(Cl)ccc1C(=O)Nc1ccc(CCO)cc1. The number of benzene rings is 2. The maximum atomic E-state index is 12.1. The summed E-state index contributed by atoms with van der Waals surface area (Å²) in [4.78, 5) is 12.1. The molecule has 20 heavy (non-hydrogen) atoms. The fourth-order valence-corrected chi connectivity index (χ4v) is 2.00. The Morgan fingerprint density at radius 2 is 1.90 bits per heavy atom. The predicted molar refractivity (Wildman–Crippen MR) is 81.0 cm³/mol. The molecular weight excluding hydrogens is 276 g/mol. The number of rotatable bonds is 4. The quantitative estimate of drug-likeness (QED) is 0.758. The van der Waals surface area contributed by atoms with Crippen LogP contribution in [0.2, 0.25) is 5.02 Å². The van der Waals surface area contributed by atoms with E-state index in [0.29, 0.717) is 28.4 Å². The molecule has 0 aliphatic carbocycles. The Labute approximate surface area is 122 Å². The third kappa shape index (κ3) is 3.50. The summed E-state index contributed by atoms with van der Waals surface area (Å²) in [5.74, 6) is -0.283. The summed E-state index contributed by atoms with van der Waals surface area (Å²) in [5.41, 5.74) is 8.17. The molecule has 0 saturated carbocycles. The summed E-state index contributed by atoms with van der Waals surface area (Å²) < 4.78 is 0. The van der Waals surface area contributed by atoms with E-state index in [1.165, 1.54) is 0 Å². The van der Waals surface area contributed by atoms with Gasteiger partial charge >= 0.3 is 0 Å². The first-order valence-electron chi connectivity index (χ1n) is 6.16. The van der Waals surface area contributed by atoms with Crippen LogP contribution in [0, 0.1) is 0 Å². The standard InChI is InChI=1S/C15H15ClN2O2/c16-11-3-6-13(14(17)9-11)15(20)18-12-4-1-10(2-5-12)7-8-19/h1-6,9,19H,7-8,17H2,(H,18,20). The van der Waals surface area contributed by atoms with Gasteiger partial charge in [0.05, 0.1) is 5.56 Å². The number of aliphatic hydroxyl groups excluding tert-OH is 1. The Bertz CT molecular complexity index is 612. The second-order valence-corrected chi connectivity index (χ2v) is 4.79. The highest BCUT2D eigenvalue weighted by atomic mass is 35.5. The van der Waals surface area contributed by atoms with Crippen molar-refractivity contribution >= 4 is 28.9 Å². The Hall–Kier alpha value is -2.04. The van der Waals surface area contributed by atoms with Gasteiger partial charge in [-0.3, -0.25) is 4.79 Å². The van der Waals surface area contributed by atoms with E-state index < -0.39 is 0 Å². The minimum Gasteiger partial charge on any atom is -0.398 e. The number of halogens is 1. The molecule has 4 nitrogen and oxygen atoms in total. The second-order valence-electron chi connectivity index (χ2n) is 4.36. The average molecular weight is 291 g/mol. The van der Waals surface area contributed by atoms with Gasteiger partial charge in [-0.2, -0.15) is 0 Å². The van der Waals surface area contributed by atoms with Crippen molar-refractivity contribution < 1.29 is 9.90 Å². The summed E-state index contributed by atoms with van der Waals surface area (Å²) in [5, 5.41) is 12.1. The number of hydrogen-bond donors (Lipinski definition) is 3. The van der Waals surface area contributed by atoms with E-state index in [1.807, 2.05) is 12.1 Å². The number of nitrogen functional groups attached to an aromatic ring is 1. The number of nitrogens with one attached hydrogen (secondary N) is 1. The number of nitrogens with two attached hydrogens (primary N) is 1. The summed E-state index contributed by atoms with van der Waals surface area (Å²) in [6.45, 7) is 0.104. The molecule has 0 radical (unpaired) electrons. The molecule has 4 N–H and O–H groups in total. The molecule has 0 spiro atoms. The maximum Gasteiger partial charge on any atom is 0.257 e. The minimum absolute atomic E-state index is 0.104. The number of hydrogen-bond acceptors (Lipinski definition) is 3. The van der Waals surface area contributed by atoms with Gasteiger partial charge in [-0.25, -0.2) is 0 Å². The largest absolute Gasteiger partial charge is 0.398 e. The van der Waals surface area contributed by atoms with Gasteiger partial charge in [-0.1, -0.05) is 23.7 Å². The van der Waals surface area contributed by atoms with Crippen LogP contribution in [-0.4, -0.2) is 17.6 Å². The average Bonchev–Trinajstić information content (AvgIpc) is 2.41. The van der Waals surface area contributed by atoms with Crippen molar-refractivity contribution in [3.63, 3.8) is 0 Å². The summed E-state index contributed by atoms with van der Waals surface area (Å²) in [7, 11) is 0. The van der Waals surface area contributed by atoms with E-state index in [1.54, 1.807) is 30.3 Å². The molecule has 0 heterocycles. The number of amides is 1. The van der Waals surface area contributed by atoms with Gasteiger partial charge in [0, 0.05) is 23.0 Å². The van der Waals surface area contributed by atoms with Crippen LogP contribution in [0.5, 0.6) is 0 Å². The van der Waals surface area contributed by atoms with Crippen LogP contribution in [-0.2, 0) is 6.42 Å². The van der Waals surface area contributed by atoms with Crippen LogP contribution in [0.4, 0.5) is 11.4 Å². The minimum atomic E-state index is -0.283. The van der Waals surface area contributed by atoms with E-state index in [4.69, 9.17) is 22.4 Å². The second kappa shape index (κ2) is 6.41. The van der Waals surface area contributed by atoms with E-state index in [0.717, 1.165) is 5.56 Å². The smallest absolute Gasteiger partial charge is 0.257 e. The zero-order chi connectivity index (χ0) is 14.5. The molecule has 2 rings (SSSR count). The highest BCUT2D eigenvalue weighted by Gasteiger charge is 2.10. The van der Waals surface area contributed by atoms with Gasteiger partial charge in [0.1, 0.15) is 0 Å². The first kappa shape index (κ1) is 14.4. The number of anilines is 2. The van der Waals surface area contributed by atoms with Crippen molar-refractivity contribution in [2.24, 2.45) is 0 Å². The molecule has 0 bridgehead atoms. The Morgan fingerprint density at radius 3 is 2.50 bits per heavy atom. The van der Waals surface area contributed by atoms with Crippen molar-refractivity contribution in [1.82, 2.24) is 0 Å². The van der Waals surface area contributed by atoms with Crippen LogP contribution in [0.3, 0.4) is 0 Å². The van der Waals surface area contributed by atoms with E-state index in [2.05, 4.69) is 5.32 Å². The first-order chi connectivity index (χ1) is 9.60. The molecule has 0 atom stereocenters. The van der Waals surface area contributed by atoms with Gasteiger partial charge in [0.15, 0.2) is 0 Å². The lowest BCUT2D eigenvalue weighted by molar-refractivity contribution is 0.102. The third-order valence-electron chi connectivity index (χ3n) is 2.87. The summed E-state index contributed by atoms with van der Waals surface area (Å²) >= 11 is 5.80. The molecule has 0 aliphatic rings. The topological polar surface area (TPSA) is 75.4 Å². The van der Waals surface area contributed by atoms with E-state index in [9.17, 15) is 4.79 Å². The number of carbonyl (C=O) groups excluding carboxylic acids is 1. The Morgan fingerprint density at radius 1 is 1.20 bits per heavy atom. The fraction of sp³-hybridized carbons (Fsp3) is 0.133. The zero-order valence-corrected chi connectivity index (χ0v) is 11.5. The summed E-state index contributed by atoms with van der Waals surface area (Å²) in [6.07, 6.45) is 0.596. The molecule has 0 unspecified atom stereocenters. The van der Waals surface area contributed by atoms with Crippen molar-refractivity contribution in [3.8, 4) is 0 Å². The lowest BCUT2D eigenvalue weighted by Crippen LogP contribution is -2.14. The van der Waals surface area contributed by atoms with Crippen molar-refractivity contribution in [2.45, 2.75) is 6.42 Å². The monoisotopic (exact) mass is 290 g/mol. The number of aliphatic hydroxyl groups is 1. The lowest BCUT2D eigenvalue weighted by atomic mass is 10.1. The molecule has 5 heteroatoms. The van der Waals surface area contributed by atoms with Gasteiger partial charge in [-0.05, 0) is 42.3 Å². The lowest BCUT2D eigenvalue weighted by Gasteiger charge is -2.08. The number of carbonyl (C=O) groups is 1. The molecule has 0 aliphatic heterocycles. The Kier molecular flexibility index (Phi) is 4.61. The fourth-order valence-electron chi connectivity index (χ4n) is 1.82. The van der Waals surface area contributed by atoms with Crippen LogP contribution in [0.15, 0.2) is 42.5 Å². The molecule has 0 fully saturated rings. The molecular formula is C15H15ClN2O2. The molecule has 104 valence electrons. The van der Waals surface area contributed by atoms with Crippen LogP contribution < -0.4 is 11.1 Å². The van der Waals surface area contributed by atoms with Gasteiger partial charge in [0.25, 0.3) is 5.91 Å². The zero-order valence-electron chi connectivity index (χ0n) is 10.8. The van der Waals surface area contributed by atoms with Crippen molar-refractivity contribution in [1.29, 1.82) is 0 Å². The molecule has 2 aromatic rings. The molecule has 2 aromatic carbocycles. The maximum absolute atomic E-state index is 12.1. The highest BCUT2D eigenvalue weighted by molar-refractivity contribution is 6.31. The molecule has 1 amide bonds. The highest BCUT2D eigenvalue weighted by Crippen LogP contribution is 2.19. The van der Waals surface area contributed by atoms with E-state index in [-0.39, 0.29) is 12.5 Å². The van der Waals surface area contributed by atoms with Crippen LogP contribution in [0.1, 0.15) is 15.9 Å². The van der Waals surface area contributed by atoms with Gasteiger partial charge in [-0.15, -0.1) is 0 Å². The van der Waals surface area contributed by atoms with E-state index >= 15 is 0 Å². The Balaban J connectivity index is 2.11. The van der Waals surface area contributed by atoms with Crippen molar-refractivity contribution in [2.75, 3.05) is 17.7 Å². The van der Waals surface area contributed by atoms with Crippen LogP contribution in [0.25, 0.3) is 0 Å². The molecule has 0 aromatic heterocycles. The van der Waals surface area contributed by atoms with Crippen molar-refractivity contribution in [3.05, 3.63) is 58.6 Å². The van der Waals surface area contributed by atoms with Gasteiger partial charge < -0.3 is 16.2 Å². The normalized spacial score (nSPS) is 10.3. The predicted octanol–water partition coefficient (Wildman–Crippen LogP) is 2.71. The third-order valence-corrected chi connectivity index (χ3v) is 3.11. The van der Waals surface area contributed by atoms with Crippen LogP contribution >= 0.6 is 11.6 Å². The van der Waals surface area contributed by atoms with Gasteiger partial charge in [0.2, 0.25) is 0 Å².